The number of carbonyl (C=O) groups excluding carboxylic acids is 1. The van der Waals surface area contributed by atoms with Crippen LogP contribution in [0.1, 0.15) is 34.2 Å². The Kier molecular flexibility index (Phi) is 3.19. The molecule has 0 N–H and O–H groups in total. The molecule has 2 aromatic heterocycles. The number of nitrogens with zero attached hydrogens (tertiary/aromatic N) is 4. The third-order valence-electron chi connectivity index (χ3n) is 4.98. The number of fused-ring (bicyclic) bond motifs is 1. The van der Waals surface area contributed by atoms with Gasteiger partial charge in [-0.3, -0.25) is 4.79 Å². The molecule has 0 unspecified atom stereocenters. The van der Waals surface area contributed by atoms with Gasteiger partial charge in [0.25, 0.3) is 0 Å². The second-order valence-corrected chi connectivity index (χ2v) is 8.67. The molecule has 5 rings (SSSR count). The lowest BCUT2D eigenvalue weighted by Crippen LogP contribution is -2.55. The summed E-state index contributed by atoms with van der Waals surface area (Å²) in [6.07, 6.45) is 3.53. The SMILES string of the molecule is O=C(C1CN(c2nnc(C3CC3)s2)C1)N1CCc2sccc2C1. The topological polar surface area (TPSA) is 49.3 Å². The molecule has 120 valence electrons. The predicted octanol–water partition coefficient (Wildman–Crippen LogP) is 2.50. The molecule has 0 bridgehead atoms. The Morgan fingerprint density at radius 3 is 2.96 bits per heavy atom. The van der Waals surface area contributed by atoms with Crippen LogP contribution in [-0.4, -0.2) is 40.6 Å². The maximum Gasteiger partial charge on any atom is 0.229 e. The molecule has 2 fully saturated rings. The molecule has 1 saturated heterocycles. The van der Waals surface area contributed by atoms with E-state index in [0.29, 0.717) is 11.8 Å². The Morgan fingerprint density at radius 2 is 2.13 bits per heavy atom. The fourth-order valence-electron chi connectivity index (χ4n) is 3.34. The minimum atomic E-state index is 0.128. The van der Waals surface area contributed by atoms with Crippen molar-refractivity contribution in [2.75, 3.05) is 24.5 Å². The number of carbonyl (C=O) groups is 1. The van der Waals surface area contributed by atoms with Gasteiger partial charge < -0.3 is 9.80 Å². The monoisotopic (exact) mass is 346 g/mol. The van der Waals surface area contributed by atoms with E-state index in [4.69, 9.17) is 0 Å². The Balaban J connectivity index is 1.20. The van der Waals surface area contributed by atoms with E-state index in [1.54, 1.807) is 11.3 Å². The fourth-order valence-corrected chi connectivity index (χ4v) is 5.26. The van der Waals surface area contributed by atoms with E-state index in [0.717, 1.165) is 37.7 Å². The van der Waals surface area contributed by atoms with Gasteiger partial charge >= 0.3 is 0 Å². The summed E-state index contributed by atoms with van der Waals surface area (Å²) in [5.41, 5.74) is 1.34. The van der Waals surface area contributed by atoms with Crippen LogP contribution in [0.2, 0.25) is 0 Å². The Labute approximate surface area is 142 Å². The van der Waals surface area contributed by atoms with E-state index in [2.05, 4.69) is 26.5 Å². The zero-order chi connectivity index (χ0) is 15.4. The standard InChI is InChI=1S/C16H18N4OS2/c21-15(19-5-3-13-11(7-19)4-6-22-13)12-8-20(9-12)16-18-17-14(23-16)10-1-2-10/h4,6,10,12H,1-3,5,7-9H2. The lowest BCUT2D eigenvalue weighted by Gasteiger charge is -2.41. The van der Waals surface area contributed by atoms with Gasteiger partial charge in [-0.05, 0) is 36.3 Å². The average Bonchev–Trinajstić information content (AvgIpc) is 3.08. The van der Waals surface area contributed by atoms with Crippen molar-refractivity contribution in [2.24, 2.45) is 5.92 Å². The molecule has 1 saturated carbocycles. The summed E-state index contributed by atoms with van der Waals surface area (Å²) >= 11 is 3.52. The lowest BCUT2D eigenvalue weighted by molar-refractivity contribution is -0.137. The van der Waals surface area contributed by atoms with Gasteiger partial charge in [-0.2, -0.15) is 0 Å². The summed E-state index contributed by atoms with van der Waals surface area (Å²) in [6.45, 7) is 3.25. The molecule has 0 aromatic carbocycles. The molecule has 1 aliphatic carbocycles. The summed E-state index contributed by atoms with van der Waals surface area (Å²) in [4.78, 5) is 18.4. The number of anilines is 1. The van der Waals surface area contributed by atoms with Crippen LogP contribution < -0.4 is 4.90 Å². The summed E-state index contributed by atoms with van der Waals surface area (Å²) < 4.78 is 0. The second kappa shape index (κ2) is 5.27. The van der Waals surface area contributed by atoms with Crippen LogP contribution in [0.5, 0.6) is 0 Å². The molecule has 0 atom stereocenters. The molecule has 2 aliphatic heterocycles. The van der Waals surface area contributed by atoms with Gasteiger partial charge in [0.2, 0.25) is 11.0 Å². The molecule has 2 aromatic rings. The molecule has 0 radical (unpaired) electrons. The summed E-state index contributed by atoms with van der Waals surface area (Å²) in [5.74, 6) is 1.10. The number of amides is 1. The third-order valence-corrected chi connectivity index (χ3v) is 7.15. The minimum absolute atomic E-state index is 0.128. The highest BCUT2D eigenvalue weighted by Crippen LogP contribution is 2.43. The number of thiophene rings is 1. The first-order valence-corrected chi connectivity index (χ1v) is 9.90. The van der Waals surface area contributed by atoms with Crippen LogP contribution in [-0.2, 0) is 17.8 Å². The van der Waals surface area contributed by atoms with Crippen molar-refractivity contribution in [1.29, 1.82) is 0 Å². The summed E-state index contributed by atoms with van der Waals surface area (Å²) in [5, 5.41) is 12.9. The second-order valence-electron chi connectivity index (χ2n) is 6.68. The first-order valence-electron chi connectivity index (χ1n) is 8.20. The first-order chi connectivity index (χ1) is 11.3. The van der Waals surface area contributed by atoms with Gasteiger partial charge in [-0.1, -0.05) is 11.3 Å². The molecular formula is C16H18N4OS2. The first kappa shape index (κ1) is 13.9. The third kappa shape index (κ3) is 2.46. The van der Waals surface area contributed by atoms with E-state index in [1.807, 2.05) is 16.2 Å². The quantitative estimate of drug-likeness (QED) is 0.857. The summed E-state index contributed by atoms with van der Waals surface area (Å²) in [7, 11) is 0. The van der Waals surface area contributed by atoms with Crippen molar-refractivity contribution in [3.8, 4) is 0 Å². The molecular weight excluding hydrogens is 328 g/mol. The Bertz CT molecular complexity index is 745. The number of hydrogen-bond donors (Lipinski definition) is 0. The molecule has 4 heterocycles. The van der Waals surface area contributed by atoms with E-state index < -0.39 is 0 Å². The van der Waals surface area contributed by atoms with Crippen LogP contribution in [0.25, 0.3) is 0 Å². The van der Waals surface area contributed by atoms with E-state index in [1.165, 1.54) is 28.3 Å². The zero-order valence-corrected chi connectivity index (χ0v) is 14.4. The van der Waals surface area contributed by atoms with Crippen molar-refractivity contribution in [2.45, 2.75) is 31.7 Å². The molecule has 3 aliphatic rings. The largest absolute Gasteiger partial charge is 0.345 e. The molecule has 1 amide bonds. The van der Waals surface area contributed by atoms with Crippen LogP contribution >= 0.6 is 22.7 Å². The van der Waals surface area contributed by atoms with Crippen LogP contribution in [0.15, 0.2) is 11.4 Å². The van der Waals surface area contributed by atoms with Crippen LogP contribution in [0, 0.1) is 5.92 Å². The van der Waals surface area contributed by atoms with Crippen molar-refractivity contribution in [1.82, 2.24) is 15.1 Å². The predicted molar refractivity (Wildman–Crippen MR) is 91.0 cm³/mol. The highest BCUT2D eigenvalue weighted by atomic mass is 32.1. The van der Waals surface area contributed by atoms with Gasteiger partial charge in [0, 0.05) is 37.0 Å². The Hall–Kier alpha value is -1.47. The average molecular weight is 346 g/mol. The number of rotatable bonds is 3. The highest BCUT2D eigenvalue weighted by Gasteiger charge is 2.38. The lowest BCUT2D eigenvalue weighted by atomic mass is 9.97. The maximum atomic E-state index is 12.7. The van der Waals surface area contributed by atoms with Gasteiger partial charge in [0.15, 0.2) is 0 Å². The molecule has 0 spiro atoms. The number of aromatic nitrogens is 2. The molecule has 7 heteroatoms. The normalized spacial score (nSPS) is 21.2. The summed E-state index contributed by atoms with van der Waals surface area (Å²) in [6, 6.07) is 2.16. The van der Waals surface area contributed by atoms with E-state index in [9.17, 15) is 4.79 Å². The van der Waals surface area contributed by atoms with E-state index >= 15 is 0 Å². The van der Waals surface area contributed by atoms with E-state index in [-0.39, 0.29) is 5.92 Å². The van der Waals surface area contributed by atoms with Gasteiger partial charge in [0.05, 0.1) is 5.92 Å². The number of hydrogen-bond acceptors (Lipinski definition) is 6. The smallest absolute Gasteiger partial charge is 0.229 e. The molecule has 23 heavy (non-hydrogen) atoms. The Morgan fingerprint density at radius 1 is 1.26 bits per heavy atom. The van der Waals surface area contributed by atoms with Crippen molar-refractivity contribution >= 4 is 33.7 Å². The van der Waals surface area contributed by atoms with Crippen molar-refractivity contribution in [3.05, 3.63) is 26.9 Å². The van der Waals surface area contributed by atoms with Gasteiger partial charge in [-0.15, -0.1) is 21.5 Å². The maximum absolute atomic E-state index is 12.7. The zero-order valence-electron chi connectivity index (χ0n) is 12.8. The minimum Gasteiger partial charge on any atom is -0.345 e. The van der Waals surface area contributed by atoms with Crippen LogP contribution in [0.4, 0.5) is 5.13 Å². The highest BCUT2D eigenvalue weighted by molar-refractivity contribution is 7.15. The van der Waals surface area contributed by atoms with Gasteiger partial charge in [0.1, 0.15) is 5.01 Å². The van der Waals surface area contributed by atoms with Crippen molar-refractivity contribution < 1.29 is 4.79 Å². The fraction of sp³-hybridized carbons (Fsp3) is 0.562. The van der Waals surface area contributed by atoms with Gasteiger partial charge in [-0.25, -0.2) is 0 Å². The molecule has 5 nitrogen and oxygen atoms in total. The van der Waals surface area contributed by atoms with Crippen LogP contribution in [0.3, 0.4) is 0 Å². The van der Waals surface area contributed by atoms with Crippen molar-refractivity contribution in [3.63, 3.8) is 0 Å².